The van der Waals surface area contributed by atoms with Gasteiger partial charge in [0.1, 0.15) is 6.10 Å². The van der Waals surface area contributed by atoms with Gasteiger partial charge < -0.3 is 60.9 Å². The van der Waals surface area contributed by atoms with Gasteiger partial charge in [0, 0.05) is 6.92 Å². The summed E-state index contributed by atoms with van der Waals surface area (Å²) in [5, 5.41) is 91.1. The van der Waals surface area contributed by atoms with Gasteiger partial charge in [-0.05, 0) is 0 Å². The van der Waals surface area contributed by atoms with Crippen molar-refractivity contribution in [3.63, 3.8) is 0 Å². The van der Waals surface area contributed by atoms with Gasteiger partial charge in [0.15, 0.2) is 17.5 Å². The van der Waals surface area contributed by atoms with Crippen LogP contribution in [-0.2, 0) is 38.3 Å². The largest absolute Gasteiger partial charge is 0.505 e. The molecule has 0 fully saturated rings. The molecule has 0 unspecified atom stereocenters. The van der Waals surface area contributed by atoms with Crippen molar-refractivity contribution in [3.8, 4) is 0 Å². The molecule has 19 nitrogen and oxygen atoms in total. The Morgan fingerprint density at radius 1 is 0.886 bits per heavy atom. The van der Waals surface area contributed by atoms with E-state index in [4.69, 9.17) is 70.6 Å². The van der Waals surface area contributed by atoms with Gasteiger partial charge in [-0.25, -0.2) is 19.2 Å². The molecule has 0 bridgehead atoms. The molecule has 0 saturated carbocycles. The van der Waals surface area contributed by atoms with Crippen LogP contribution >= 0.6 is 0 Å². The number of cyclic esters (lactones) is 1. The van der Waals surface area contributed by atoms with Crippen LogP contribution in [0.1, 0.15) is 19.8 Å². The summed E-state index contributed by atoms with van der Waals surface area (Å²) in [4.78, 5) is 68.2. The molecule has 1 aliphatic heterocycles. The molecule has 0 aliphatic carbocycles. The van der Waals surface area contributed by atoms with Gasteiger partial charge in [0.05, 0.1) is 19.4 Å². The number of aliphatic carboxylic acids is 6. The number of aliphatic hydroxyl groups excluding tert-OH is 4. The van der Waals surface area contributed by atoms with Crippen molar-refractivity contribution in [1.29, 1.82) is 0 Å². The van der Waals surface area contributed by atoms with Crippen LogP contribution in [0.5, 0.6) is 0 Å². The Morgan fingerprint density at radius 3 is 1.40 bits per heavy atom. The maximum Gasteiger partial charge on any atom is 0.414 e. The first kappa shape index (κ1) is 35.1. The number of esters is 1. The van der Waals surface area contributed by atoms with E-state index in [9.17, 15) is 19.2 Å². The summed E-state index contributed by atoms with van der Waals surface area (Å²) in [7, 11) is 0. The number of aliphatic hydroxyl groups is 5. The molecule has 1 aliphatic rings. The van der Waals surface area contributed by atoms with Gasteiger partial charge in [0.25, 0.3) is 5.97 Å². The van der Waals surface area contributed by atoms with Crippen molar-refractivity contribution in [2.24, 2.45) is 0 Å². The average molecular weight is 518 g/mol. The van der Waals surface area contributed by atoms with E-state index in [-0.39, 0.29) is 0 Å². The topological polar surface area (TPSA) is 351 Å². The van der Waals surface area contributed by atoms with Crippen molar-refractivity contribution in [1.82, 2.24) is 0 Å². The van der Waals surface area contributed by atoms with Gasteiger partial charge in [-0.2, -0.15) is 0 Å². The van der Waals surface area contributed by atoms with Crippen LogP contribution in [0.15, 0.2) is 11.5 Å². The lowest BCUT2D eigenvalue weighted by atomic mass is 9.96. The number of hydrogen-bond acceptors (Lipinski definition) is 13. The van der Waals surface area contributed by atoms with Crippen LogP contribution in [-0.4, -0.2) is 122 Å². The number of carboxylic acids is 6. The van der Waals surface area contributed by atoms with Gasteiger partial charge in [0.2, 0.25) is 5.76 Å². The standard InChI is InChI=1S/C6H8O7.C6H8O6.C2H2O4.C2H4O2/c7-3(8)1-6(13,5(11)12)2-4(9)10;7-1-2(8)5-3(9)4(10)6(11)12-5;3-1(4)2(5)6;1-2(3)4/h13H,1-2H2,(H,7,8)(H,9,10)(H,11,12);2,5,7-10H,1H2;(H,3,4)(H,5,6);1H3,(H,3,4)/t;2-,5+;;/m.0../s1. The van der Waals surface area contributed by atoms with Gasteiger partial charge in [-0.3, -0.25) is 14.4 Å². The van der Waals surface area contributed by atoms with E-state index in [1.807, 2.05) is 0 Å². The quantitative estimate of drug-likeness (QED) is 0.115. The molecule has 2 atom stereocenters. The predicted octanol–water partition coefficient (Wildman–Crippen LogP) is -3.41. The van der Waals surface area contributed by atoms with E-state index < -0.39 is 90.6 Å². The smallest absolute Gasteiger partial charge is 0.414 e. The fourth-order valence-electron chi connectivity index (χ4n) is 1.54. The molecule has 1 rings (SSSR count). The zero-order valence-electron chi connectivity index (χ0n) is 17.5. The second-order valence-electron chi connectivity index (χ2n) is 5.92. The molecular formula is C16H22O19. The highest BCUT2D eigenvalue weighted by Gasteiger charge is 2.41. The molecule has 19 heteroatoms. The lowest BCUT2D eigenvalue weighted by Gasteiger charge is -2.18. The fraction of sp³-hybridized carbons (Fsp3) is 0.438. The lowest BCUT2D eigenvalue weighted by Crippen LogP contribution is -2.42. The second-order valence-corrected chi connectivity index (χ2v) is 5.92. The minimum atomic E-state index is -2.74. The SMILES string of the molecule is CC(=O)O.O=C(O)C(=O)O.O=C(O)CC(O)(CC(=O)O)C(=O)O.O=C1O[C@H]([C@@H](O)CO)C(O)=C1O. The maximum absolute atomic E-state index is 10.5. The predicted molar refractivity (Wildman–Crippen MR) is 101 cm³/mol. The van der Waals surface area contributed by atoms with Gasteiger partial charge in [-0.1, -0.05) is 0 Å². The number of ether oxygens (including phenoxy) is 1. The Morgan fingerprint density at radius 2 is 1.23 bits per heavy atom. The monoisotopic (exact) mass is 518 g/mol. The molecular weight excluding hydrogens is 496 g/mol. The summed E-state index contributed by atoms with van der Waals surface area (Å²) in [6.07, 6.45) is -5.07. The van der Waals surface area contributed by atoms with Crippen molar-refractivity contribution < 1.29 is 94.5 Å². The van der Waals surface area contributed by atoms with Crippen LogP contribution in [0.4, 0.5) is 0 Å². The number of carbonyl (C=O) groups is 7. The molecule has 200 valence electrons. The van der Waals surface area contributed by atoms with Gasteiger partial charge >= 0.3 is 35.8 Å². The summed E-state index contributed by atoms with van der Waals surface area (Å²) in [6.45, 7) is 0.412. The molecule has 0 amide bonds. The lowest BCUT2D eigenvalue weighted by molar-refractivity contribution is -0.170. The molecule has 1 heterocycles. The zero-order chi connectivity index (χ0) is 28.7. The van der Waals surface area contributed by atoms with Crippen molar-refractivity contribution in [2.45, 2.75) is 37.6 Å². The number of carboxylic acid groups (broad SMARTS) is 6. The highest BCUT2D eigenvalue weighted by Crippen LogP contribution is 2.20. The Bertz CT molecular complexity index is 808. The molecule has 35 heavy (non-hydrogen) atoms. The molecule has 0 aromatic carbocycles. The van der Waals surface area contributed by atoms with Crippen LogP contribution in [0.2, 0.25) is 0 Å². The van der Waals surface area contributed by atoms with E-state index in [0.717, 1.165) is 6.92 Å². The number of carbonyl (C=O) groups excluding carboxylic acids is 1. The minimum absolute atomic E-state index is 0.671. The number of hydrogen-bond donors (Lipinski definition) is 11. The highest BCUT2D eigenvalue weighted by molar-refractivity contribution is 6.27. The van der Waals surface area contributed by atoms with Crippen LogP contribution < -0.4 is 0 Å². The number of rotatable bonds is 7. The van der Waals surface area contributed by atoms with Crippen LogP contribution in [0.25, 0.3) is 0 Å². The molecule has 0 saturated heterocycles. The second kappa shape index (κ2) is 16.2. The summed E-state index contributed by atoms with van der Waals surface area (Å²) in [5.41, 5.74) is -2.74. The summed E-state index contributed by atoms with van der Waals surface area (Å²) in [6, 6.07) is 0. The molecule has 0 aromatic rings. The van der Waals surface area contributed by atoms with E-state index >= 15 is 0 Å². The first-order valence-corrected chi connectivity index (χ1v) is 8.40. The molecule has 11 N–H and O–H groups in total. The molecule has 0 spiro atoms. The molecule has 0 radical (unpaired) electrons. The van der Waals surface area contributed by atoms with E-state index in [1.165, 1.54) is 0 Å². The van der Waals surface area contributed by atoms with Gasteiger partial charge in [-0.15, -0.1) is 0 Å². The minimum Gasteiger partial charge on any atom is -0.505 e. The van der Waals surface area contributed by atoms with Crippen LogP contribution in [0.3, 0.4) is 0 Å². The Labute approximate surface area is 193 Å². The van der Waals surface area contributed by atoms with Crippen molar-refractivity contribution >= 4 is 41.8 Å². The van der Waals surface area contributed by atoms with E-state index in [0.29, 0.717) is 0 Å². The van der Waals surface area contributed by atoms with E-state index in [1.54, 1.807) is 0 Å². The highest BCUT2D eigenvalue weighted by atomic mass is 16.6. The Hall–Kier alpha value is -4.49. The van der Waals surface area contributed by atoms with Crippen LogP contribution in [0, 0.1) is 0 Å². The maximum atomic E-state index is 10.5. The van der Waals surface area contributed by atoms with Crippen molar-refractivity contribution in [3.05, 3.63) is 11.5 Å². The normalized spacial score (nSPS) is 14.9. The Kier molecular flexibility index (Phi) is 16.2. The Balaban J connectivity index is -0.000000428. The summed E-state index contributed by atoms with van der Waals surface area (Å²) < 4.78 is 4.32. The summed E-state index contributed by atoms with van der Waals surface area (Å²) >= 11 is 0. The first-order chi connectivity index (χ1) is 15.7. The summed E-state index contributed by atoms with van der Waals surface area (Å²) in [5.74, 6) is -12.3. The van der Waals surface area contributed by atoms with E-state index in [2.05, 4.69) is 4.74 Å². The zero-order valence-corrected chi connectivity index (χ0v) is 17.5. The fourth-order valence-corrected chi connectivity index (χ4v) is 1.54. The first-order valence-electron chi connectivity index (χ1n) is 8.40. The average Bonchev–Trinajstić information content (AvgIpc) is 2.94. The van der Waals surface area contributed by atoms with Crippen molar-refractivity contribution in [2.75, 3.05) is 6.61 Å². The third-order valence-electron chi connectivity index (χ3n) is 2.94. The molecule has 0 aromatic heterocycles. The third kappa shape index (κ3) is 15.9. The third-order valence-corrected chi connectivity index (χ3v) is 2.94.